The van der Waals surface area contributed by atoms with Crippen molar-refractivity contribution in [1.82, 2.24) is 10.2 Å². The van der Waals surface area contributed by atoms with Crippen LogP contribution in [0.25, 0.3) is 0 Å². The third-order valence-electron chi connectivity index (χ3n) is 2.55. The number of nitrogens with zero attached hydrogens (tertiary/aromatic N) is 1. The average molecular weight is 237 g/mol. The van der Waals surface area contributed by atoms with E-state index >= 15 is 0 Å². The molecule has 0 saturated carbocycles. The summed E-state index contributed by atoms with van der Waals surface area (Å²) in [7, 11) is 1.65. The SMILES string of the molecule is COc1ccc(C(Cl)c2ccn[nH]2)c(C)c1. The summed E-state index contributed by atoms with van der Waals surface area (Å²) < 4.78 is 5.16. The molecule has 0 radical (unpaired) electrons. The number of halogens is 1. The highest BCUT2D eigenvalue weighted by molar-refractivity contribution is 6.22. The highest BCUT2D eigenvalue weighted by Crippen LogP contribution is 2.31. The quantitative estimate of drug-likeness (QED) is 0.832. The van der Waals surface area contributed by atoms with Gasteiger partial charge in [0.15, 0.2) is 0 Å². The second kappa shape index (κ2) is 4.58. The zero-order chi connectivity index (χ0) is 11.5. The summed E-state index contributed by atoms with van der Waals surface area (Å²) in [6.45, 7) is 2.02. The third kappa shape index (κ3) is 2.04. The van der Waals surface area contributed by atoms with Crippen molar-refractivity contribution in [3.05, 3.63) is 47.3 Å². The fourth-order valence-corrected chi connectivity index (χ4v) is 2.00. The third-order valence-corrected chi connectivity index (χ3v) is 3.02. The summed E-state index contributed by atoms with van der Waals surface area (Å²) in [6, 6.07) is 7.74. The Morgan fingerprint density at radius 2 is 2.19 bits per heavy atom. The van der Waals surface area contributed by atoms with E-state index in [1.165, 1.54) is 0 Å². The number of ether oxygens (including phenoxy) is 1. The molecule has 0 aliphatic heterocycles. The monoisotopic (exact) mass is 236 g/mol. The maximum absolute atomic E-state index is 6.36. The van der Waals surface area contributed by atoms with Gasteiger partial charge in [-0.25, -0.2) is 0 Å². The molecule has 0 fully saturated rings. The fraction of sp³-hybridized carbons (Fsp3) is 0.250. The zero-order valence-electron chi connectivity index (χ0n) is 9.20. The van der Waals surface area contributed by atoms with Crippen LogP contribution in [-0.4, -0.2) is 17.3 Å². The fourth-order valence-electron chi connectivity index (χ4n) is 1.63. The molecule has 0 amide bonds. The molecule has 1 heterocycles. The highest BCUT2D eigenvalue weighted by Gasteiger charge is 2.14. The minimum absolute atomic E-state index is 0.201. The minimum Gasteiger partial charge on any atom is -0.497 e. The second-order valence-corrected chi connectivity index (χ2v) is 4.03. The van der Waals surface area contributed by atoms with E-state index in [2.05, 4.69) is 10.2 Å². The number of rotatable bonds is 3. The van der Waals surface area contributed by atoms with Gasteiger partial charge in [-0.2, -0.15) is 5.10 Å². The molecule has 1 unspecified atom stereocenters. The summed E-state index contributed by atoms with van der Waals surface area (Å²) >= 11 is 6.36. The predicted octanol–water partition coefficient (Wildman–Crippen LogP) is 3.05. The molecule has 16 heavy (non-hydrogen) atoms. The number of hydrogen-bond acceptors (Lipinski definition) is 2. The molecule has 0 aliphatic carbocycles. The molecule has 3 nitrogen and oxygen atoms in total. The van der Waals surface area contributed by atoms with Crippen molar-refractivity contribution in [3.63, 3.8) is 0 Å². The van der Waals surface area contributed by atoms with Crippen molar-refractivity contribution in [1.29, 1.82) is 0 Å². The summed E-state index contributed by atoms with van der Waals surface area (Å²) in [5.74, 6) is 0.842. The van der Waals surface area contributed by atoms with Crippen molar-refractivity contribution in [2.75, 3.05) is 7.11 Å². The van der Waals surface area contributed by atoms with Gasteiger partial charge in [0.2, 0.25) is 0 Å². The number of methoxy groups -OCH3 is 1. The number of nitrogens with one attached hydrogen (secondary N) is 1. The first-order valence-electron chi connectivity index (χ1n) is 5.00. The maximum Gasteiger partial charge on any atom is 0.119 e. The normalized spacial score (nSPS) is 12.4. The maximum atomic E-state index is 6.36. The molecule has 0 bridgehead atoms. The molecule has 1 N–H and O–H groups in total. The van der Waals surface area contributed by atoms with Crippen LogP contribution in [0.15, 0.2) is 30.5 Å². The van der Waals surface area contributed by atoms with Crippen LogP contribution in [0.3, 0.4) is 0 Å². The summed E-state index contributed by atoms with van der Waals surface area (Å²) in [4.78, 5) is 0. The van der Waals surface area contributed by atoms with Crippen LogP contribution in [0.1, 0.15) is 22.2 Å². The number of aromatic nitrogens is 2. The number of aryl methyl sites for hydroxylation is 1. The van der Waals surface area contributed by atoms with Gasteiger partial charge in [-0.1, -0.05) is 6.07 Å². The summed E-state index contributed by atoms with van der Waals surface area (Å²) in [5, 5.41) is 6.58. The van der Waals surface area contributed by atoms with E-state index in [9.17, 15) is 0 Å². The first kappa shape index (κ1) is 11.0. The summed E-state index contributed by atoms with van der Waals surface area (Å²) in [5.41, 5.74) is 3.07. The van der Waals surface area contributed by atoms with Crippen LogP contribution in [0, 0.1) is 6.92 Å². The van der Waals surface area contributed by atoms with Crippen LogP contribution < -0.4 is 4.74 Å². The van der Waals surface area contributed by atoms with Crippen molar-refractivity contribution >= 4 is 11.6 Å². The Morgan fingerprint density at radius 3 is 2.75 bits per heavy atom. The van der Waals surface area contributed by atoms with E-state index < -0.39 is 0 Å². The van der Waals surface area contributed by atoms with Gasteiger partial charge in [0, 0.05) is 6.20 Å². The molecule has 1 atom stereocenters. The molecule has 0 spiro atoms. The van der Waals surface area contributed by atoms with Crippen molar-refractivity contribution in [2.45, 2.75) is 12.3 Å². The van der Waals surface area contributed by atoms with Gasteiger partial charge < -0.3 is 4.74 Å². The smallest absolute Gasteiger partial charge is 0.119 e. The van der Waals surface area contributed by atoms with Crippen LogP contribution >= 0.6 is 11.6 Å². The van der Waals surface area contributed by atoms with E-state index in [-0.39, 0.29) is 5.38 Å². The average Bonchev–Trinajstić information content (AvgIpc) is 2.81. The number of aromatic amines is 1. The van der Waals surface area contributed by atoms with Gasteiger partial charge in [0.1, 0.15) is 11.1 Å². The topological polar surface area (TPSA) is 37.9 Å². The first-order chi connectivity index (χ1) is 7.72. The van der Waals surface area contributed by atoms with Crippen LogP contribution in [0.2, 0.25) is 0 Å². The van der Waals surface area contributed by atoms with Crippen molar-refractivity contribution in [3.8, 4) is 5.75 Å². The molecular weight excluding hydrogens is 224 g/mol. The lowest BCUT2D eigenvalue weighted by Crippen LogP contribution is -1.97. The second-order valence-electron chi connectivity index (χ2n) is 3.60. The van der Waals surface area contributed by atoms with Gasteiger partial charge in [0.25, 0.3) is 0 Å². The van der Waals surface area contributed by atoms with Gasteiger partial charge in [-0.3, -0.25) is 5.10 Å². The Kier molecular flexibility index (Phi) is 3.15. The minimum atomic E-state index is -0.201. The molecule has 1 aromatic heterocycles. The molecular formula is C12H13ClN2O. The van der Waals surface area contributed by atoms with E-state index in [1.807, 2.05) is 31.2 Å². The lowest BCUT2D eigenvalue weighted by Gasteiger charge is -2.12. The Balaban J connectivity index is 2.34. The van der Waals surface area contributed by atoms with E-state index in [1.54, 1.807) is 13.3 Å². The molecule has 2 aromatic rings. The van der Waals surface area contributed by atoms with Gasteiger partial charge in [0.05, 0.1) is 12.8 Å². The standard InChI is InChI=1S/C12H13ClN2O/c1-8-7-9(16-2)3-4-10(8)12(13)11-5-6-14-15-11/h3-7,12H,1-2H3,(H,14,15). The van der Waals surface area contributed by atoms with E-state index in [0.29, 0.717) is 0 Å². The van der Waals surface area contributed by atoms with Gasteiger partial charge >= 0.3 is 0 Å². The summed E-state index contributed by atoms with van der Waals surface area (Å²) in [6.07, 6.45) is 1.70. The molecule has 0 saturated heterocycles. The number of benzene rings is 1. The van der Waals surface area contributed by atoms with Crippen LogP contribution in [-0.2, 0) is 0 Å². The first-order valence-corrected chi connectivity index (χ1v) is 5.44. The lowest BCUT2D eigenvalue weighted by atomic mass is 10.0. The Labute approximate surface area is 99.4 Å². The predicted molar refractivity (Wildman–Crippen MR) is 64.0 cm³/mol. The molecule has 84 valence electrons. The lowest BCUT2D eigenvalue weighted by molar-refractivity contribution is 0.414. The zero-order valence-corrected chi connectivity index (χ0v) is 9.95. The van der Waals surface area contributed by atoms with Gasteiger partial charge in [-0.15, -0.1) is 11.6 Å². The van der Waals surface area contributed by atoms with Crippen LogP contribution in [0.5, 0.6) is 5.75 Å². The molecule has 2 rings (SSSR count). The number of hydrogen-bond donors (Lipinski definition) is 1. The van der Waals surface area contributed by atoms with Gasteiger partial charge in [-0.05, 0) is 36.2 Å². The Morgan fingerprint density at radius 1 is 1.38 bits per heavy atom. The van der Waals surface area contributed by atoms with E-state index in [4.69, 9.17) is 16.3 Å². The van der Waals surface area contributed by atoms with Crippen LogP contribution in [0.4, 0.5) is 0 Å². The Hall–Kier alpha value is -1.48. The molecule has 4 heteroatoms. The Bertz CT molecular complexity index is 468. The van der Waals surface area contributed by atoms with E-state index in [0.717, 1.165) is 22.6 Å². The highest BCUT2D eigenvalue weighted by atomic mass is 35.5. The van der Waals surface area contributed by atoms with Crippen molar-refractivity contribution < 1.29 is 4.74 Å². The number of alkyl halides is 1. The largest absolute Gasteiger partial charge is 0.497 e. The molecule has 1 aromatic carbocycles. The molecule has 0 aliphatic rings. The van der Waals surface area contributed by atoms with Crippen molar-refractivity contribution in [2.24, 2.45) is 0 Å². The number of H-pyrrole nitrogens is 1.